The van der Waals surface area contributed by atoms with Crippen LogP contribution in [0.4, 0.5) is 0 Å². The van der Waals surface area contributed by atoms with Crippen LogP contribution in [0.15, 0.2) is 42.9 Å². The van der Waals surface area contributed by atoms with Crippen LogP contribution in [-0.4, -0.2) is 15.1 Å². The second kappa shape index (κ2) is 4.86. The van der Waals surface area contributed by atoms with E-state index in [1.807, 2.05) is 24.3 Å². The molecule has 0 amide bonds. The fourth-order valence-corrected chi connectivity index (χ4v) is 1.69. The molecule has 1 atom stereocenters. The summed E-state index contributed by atoms with van der Waals surface area (Å²) < 4.78 is 0. The number of hydrogen-bond donors (Lipinski definition) is 1. The van der Waals surface area contributed by atoms with Gasteiger partial charge in [0.05, 0.1) is 5.69 Å². The summed E-state index contributed by atoms with van der Waals surface area (Å²) in [5.41, 5.74) is 2.56. The highest BCUT2D eigenvalue weighted by molar-refractivity contribution is 5.29. The molecule has 1 N–H and O–H groups in total. The molecule has 2 heterocycles. The van der Waals surface area contributed by atoms with Gasteiger partial charge in [-0.25, -0.2) is 0 Å². The zero-order valence-electron chi connectivity index (χ0n) is 9.17. The molecule has 2 aromatic heterocycles. The third-order valence-corrected chi connectivity index (χ3v) is 2.57. The van der Waals surface area contributed by atoms with Gasteiger partial charge in [-0.15, -0.1) is 0 Å². The number of nitrogens with zero attached hydrogens (tertiary/aromatic N) is 2. The summed E-state index contributed by atoms with van der Waals surface area (Å²) in [7, 11) is 0. The fourth-order valence-electron chi connectivity index (χ4n) is 1.69. The van der Waals surface area contributed by atoms with Crippen molar-refractivity contribution in [1.82, 2.24) is 9.97 Å². The Hall–Kier alpha value is -1.74. The Bertz CT molecular complexity index is 456. The number of aryl methyl sites for hydroxylation is 1. The maximum Gasteiger partial charge on any atom is 0.123 e. The number of rotatable bonds is 3. The lowest BCUT2D eigenvalue weighted by molar-refractivity contribution is 0.213. The smallest absolute Gasteiger partial charge is 0.123 e. The molecule has 2 rings (SSSR count). The van der Waals surface area contributed by atoms with Crippen LogP contribution in [0.2, 0.25) is 0 Å². The summed E-state index contributed by atoms with van der Waals surface area (Å²) >= 11 is 0. The maximum absolute atomic E-state index is 10.2. The van der Waals surface area contributed by atoms with E-state index in [-0.39, 0.29) is 0 Å². The molecule has 0 saturated carbocycles. The number of aliphatic hydroxyl groups is 1. The van der Waals surface area contributed by atoms with E-state index in [1.54, 1.807) is 18.6 Å². The highest BCUT2D eigenvalue weighted by Gasteiger charge is 2.14. The van der Waals surface area contributed by atoms with Gasteiger partial charge in [-0.1, -0.05) is 19.1 Å². The van der Waals surface area contributed by atoms with Crippen molar-refractivity contribution in [3.05, 3.63) is 59.7 Å². The molecule has 0 spiro atoms. The lowest BCUT2D eigenvalue weighted by Gasteiger charge is -2.13. The summed E-state index contributed by atoms with van der Waals surface area (Å²) in [6.07, 6.45) is 5.23. The molecule has 82 valence electrons. The normalized spacial score (nSPS) is 12.4. The van der Waals surface area contributed by atoms with Gasteiger partial charge in [0.2, 0.25) is 0 Å². The molecule has 16 heavy (non-hydrogen) atoms. The third-order valence-electron chi connectivity index (χ3n) is 2.57. The van der Waals surface area contributed by atoms with Gasteiger partial charge in [-0.3, -0.25) is 9.97 Å². The van der Waals surface area contributed by atoms with E-state index in [0.29, 0.717) is 0 Å². The van der Waals surface area contributed by atoms with Gasteiger partial charge in [0.1, 0.15) is 6.10 Å². The second-order valence-electron chi connectivity index (χ2n) is 3.59. The molecular formula is C13H14N2O. The van der Waals surface area contributed by atoms with Gasteiger partial charge >= 0.3 is 0 Å². The van der Waals surface area contributed by atoms with Crippen molar-refractivity contribution in [1.29, 1.82) is 0 Å². The largest absolute Gasteiger partial charge is 0.382 e. The van der Waals surface area contributed by atoms with Gasteiger partial charge in [-0.05, 0) is 24.1 Å². The van der Waals surface area contributed by atoms with E-state index in [1.165, 1.54) is 0 Å². The Labute approximate surface area is 94.8 Å². The lowest BCUT2D eigenvalue weighted by Crippen LogP contribution is -2.06. The minimum absolute atomic E-state index is 0.690. The first kappa shape index (κ1) is 10.8. The van der Waals surface area contributed by atoms with Crippen LogP contribution in [0.5, 0.6) is 0 Å². The van der Waals surface area contributed by atoms with Crippen molar-refractivity contribution >= 4 is 0 Å². The summed E-state index contributed by atoms with van der Waals surface area (Å²) in [4.78, 5) is 8.25. The molecular weight excluding hydrogens is 200 g/mol. The summed E-state index contributed by atoms with van der Waals surface area (Å²) in [5, 5.41) is 10.2. The minimum atomic E-state index is -0.690. The molecule has 0 aliphatic heterocycles. The molecule has 1 unspecified atom stereocenters. The number of aromatic nitrogens is 2. The van der Waals surface area contributed by atoms with Gasteiger partial charge in [-0.2, -0.15) is 0 Å². The van der Waals surface area contributed by atoms with E-state index < -0.39 is 6.10 Å². The van der Waals surface area contributed by atoms with Crippen LogP contribution < -0.4 is 0 Å². The van der Waals surface area contributed by atoms with Crippen molar-refractivity contribution in [2.24, 2.45) is 0 Å². The predicted octanol–water partition coefficient (Wildman–Crippen LogP) is 2.12. The van der Waals surface area contributed by atoms with Crippen LogP contribution in [0.1, 0.15) is 29.8 Å². The van der Waals surface area contributed by atoms with Crippen molar-refractivity contribution in [3.63, 3.8) is 0 Å². The maximum atomic E-state index is 10.2. The van der Waals surface area contributed by atoms with Crippen molar-refractivity contribution in [3.8, 4) is 0 Å². The first-order valence-corrected chi connectivity index (χ1v) is 5.34. The van der Waals surface area contributed by atoms with Gasteiger partial charge in [0.25, 0.3) is 0 Å². The van der Waals surface area contributed by atoms with Gasteiger partial charge < -0.3 is 5.11 Å². The van der Waals surface area contributed by atoms with Crippen LogP contribution in [0.3, 0.4) is 0 Å². The van der Waals surface area contributed by atoms with Crippen LogP contribution in [-0.2, 0) is 6.42 Å². The zero-order valence-corrected chi connectivity index (χ0v) is 9.17. The van der Waals surface area contributed by atoms with Crippen LogP contribution in [0, 0.1) is 0 Å². The Balaban J connectivity index is 2.37. The molecule has 0 aliphatic rings. The standard InChI is InChI=1S/C13H14N2O/c1-2-10-5-4-8-15-12(10)13(16)11-6-3-7-14-9-11/h3-9,13,16H,2H2,1H3. The Morgan fingerprint density at radius 3 is 2.75 bits per heavy atom. The highest BCUT2D eigenvalue weighted by atomic mass is 16.3. The average Bonchev–Trinajstić information content (AvgIpc) is 2.39. The molecule has 0 fully saturated rings. The minimum Gasteiger partial charge on any atom is -0.382 e. The SMILES string of the molecule is CCc1cccnc1C(O)c1cccnc1. The van der Waals surface area contributed by atoms with Crippen molar-refractivity contribution in [2.45, 2.75) is 19.4 Å². The highest BCUT2D eigenvalue weighted by Crippen LogP contribution is 2.22. The monoisotopic (exact) mass is 214 g/mol. The number of pyridine rings is 2. The Kier molecular flexibility index (Phi) is 3.27. The predicted molar refractivity (Wildman–Crippen MR) is 61.9 cm³/mol. The van der Waals surface area contributed by atoms with E-state index >= 15 is 0 Å². The molecule has 0 aromatic carbocycles. The lowest BCUT2D eigenvalue weighted by atomic mass is 10.0. The zero-order chi connectivity index (χ0) is 11.4. The van der Waals surface area contributed by atoms with E-state index in [0.717, 1.165) is 23.2 Å². The summed E-state index contributed by atoms with van der Waals surface area (Å²) in [6, 6.07) is 7.54. The number of aliphatic hydroxyl groups excluding tert-OH is 1. The van der Waals surface area contributed by atoms with Crippen molar-refractivity contribution < 1.29 is 5.11 Å². The fraction of sp³-hybridized carbons (Fsp3) is 0.231. The van der Waals surface area contributed by atoms with Gasteiger partial charge in [0.15, 0.2) is 0 Å². The first-order valence-electron chi connectivity index (χ1n) is 5.34. The van der Waals surface area contributed by atoms with E-state index in [9.17, 15) is 5.11 Å². The molecule has 0 radical (unpaired) electrons. The van der Waals surface area contributed by atoms with E-state index in [2.05, 4.69) is 16.9 Å². The Morgan fingerprint density at radius 2 is 2.06 bits per heavy atom. The quantitative estimate of drug-likeness (QED) is 0.851. The average molecular weight is 214 g/mol. The Morgan fingerprint density at radius 1 is 1.25 bits per heavy atom. The topological polar surface area (TPSA) is 46.0 Å². The summed E-state index contributed by atoms with van der Waals surface area (Å²) in [6.45, 7) is 2.05. The summed E-state index contributed by atoms with van der Waals surface area (Å²) in [5.74, 6) is 0. The first-order chi connectivity index (χ1) is 7.83. The third kappa shape index (κ3) is 2.09. The second-order valence-corrected chi connectivity index (χ2v) is 3.59. The van der Waals surface area contributed by atoms with Crippen LogP contribution >= 0.6 is 0 Å². The van der Waals surface area contributed by atoms with Crippen LogP contribution in [0.25, 0.3) is 0 Å². The molecule has 0 saturated heterocycles. The molecule has 0 bridgehead atoms. The molecule has 2 aromatic rings. The van der Waals surface area contributed by atoms with Gasteiger partial charge in [0, 0.05) is 24.2 Å². The van der Waals surface area contributed by atoms with E-state index in [4.69, 9.17) is 0 Å². The molecule has 3 heteroatoms. The number of hydrogen-bond acceptors (Lipinski definition) is 3. The van der Waals surface area contributed by atoms with Crippen molar-refractivity contribution in [2.75, 3.05) is 0 Å². The molecule has 3 nitrogen and oxygen atoms in total. The molecule has 0 aliphatic carbocycles.